The van der Waals surface area contributed by atoms with Gasteiger partial charge in [0.2, 0.25) is 0 Å². The normalized spacial score (nSPS) is 17.6. The van der Waals surface area contributed by atoms with Crippen molar-refractivity contribution in [2.45, 2.75) is 6.04 Å². The van der Waals surface area contributed by atoms with Crippen LogP contribution in [0.5, 0.6) is 0 Å². The summed E-state index contributed by atoms with van der Waals surface area (Å²) < 4.78 is 0. The summed E-state index contributed by atoms with van der Waals surface area (Å²) >= 11 is 1.87. The van der Waals surface area contributed by atoms with Crippen molar-refractivity contribution in [2.24, 2.45) is 0 Å². The van der Waals surface area contributed by atoms with E-state index in [1.54, 1.807) is 0 Å². The lowest BCUT2D eigenvalue weighted by atomic mass is 9.96. The van der Waals surface area contributed by atoms with Crippen molar-refractivity contribution in [2.75, 3.05) is 26.2 Å². The molecule has 3 aromatic rings. The van der Waals surface area contributed by atoms with Gasteiger partial charge in [0.05, 0.1) is 6.04 Å². The van der Waals surface area contributed by atoms with Crippen LogP contribution in [0.3, 0.4) is 0 Å². The quantitative estimate of drug-likeness (QED) is 0.789. The minimum Gasteiger partial charge on any atom is -0.314 e. The summed E-state index contributed by atoms with van der Waals surface area (Å²) in [4.78, 5) is 4.06. The molecule has 1 unspecified atom stereocenters. The molecule has 1 fully saturated rings. The summed E-state index contributed by atoms with van der Waals surface area (Å²) in [6.45, 7) is 4.36. The van der Waals surface area contributed by atoms with Gasteiger partial charge in [0.25, 0.3) is 0 Å². The van der Waals surface area contributed by atoms with Crippen molar-refractivity contribution in [1.29, 1.82) is 0 Å². The third kappa shape index (κ3) is 2.56. The first-order chi connectivity index (χ1) is 10.9. The Hall–Kier alpha value is -1.68. The fourth-order valence-electron chi connectivity index (χ4n) is 3.41. The topological polar surface area (TPSA) is 15.3 Å². The first kappa shape index (κ1) is 13.9. The molecule has 1 N–H and O–H groups in total. The van der Waals surface area contributed by atoms with Crippen molar-refractivity contribution in [3.63, 3.8) is 0 Å². The summed E-state index contributed by atoms with van der Waals surface area (Å²) in [6.07, 6.45) is 0. The van der Waals surface area contributed by atoms with Gasteiger partial charge in [0.15, 0.2) is 0 Å². The Bertz CT molecular complexity index is 740. The molecule has 1 aliphatic heterocycles. The van der Waals surface area contributed by atoms with E-state index < -0.39 is 0 Å². The molecule has 112 valence electrons. The second-order valence-electron chi connectivity index (χ2n) is 5.77. The second kappa shape index (κ2) is 6.21. The molecule has 0 bridgehead atoms. The van der Waals surface area contributed by atoms with Crippen LogP contribution < -0.4 is 5.32 Å². The zero-order chi connectivity index (χ0) is 14.8. The molecule has 22 heavy (non-hydrogen) atoms. The number of benzene rings is 2. The number of nitrogens with one attached hydrogen (secondary N) is 1. The van der Waals surface area contributed by atoms with Gasteiger partial charge in [-0.2, -0.15) is 0 Å². The molecule has 2 nitrogen and oxygen atoms in total. The van der Waals surface area contributed by atoms with Crippen molar-refractivity contribution in [3.05, 3.63) is 70.4 Å². The molecule has 1 aromatic heterocycles. The standard InChI is InChI=1S/C19H20N2S/c1-2-7-16-15(5-1)6-3-8-17(16)19(18-9-4-14-22-18)21-12-10-20-11-13-21/h1-9,14,19-20H,10-13H2. The maximum Gasteiger partial charge on any atom is 0.0702 e. The van der Waals surface area contributed by atoms with E-state index in [2.05, 4.69) is 70.2 Å². The van der Waals surface area contributed by atoms with E-state index in [-0.39, 0.29) is 0 Å². The van der Waals surface area contributed by atoms with Crippen molar-refractivity contribution in [1.82, 2.24) is 10.2 Å². The molecule has 4 rings (SSSR count). The molecule has 0 saturated carbocycles. The highest BCUT2D eigenvalue weighted by molar-refractivity contribution is 7.10. The molecule has 0 aliphatic carbocycles. The lowest BCUT2D eigenvalue weighted by Gasteiger charge is -2.35. The Kier molecular flexibility index (Phi) is 3.94. The molecular formula is C19H20N2S. The zero-order valence-corrected chi connectivity index (χ0v) is 13.4. The highest BCUT2D eigenvalue weighted by Gasteiger charge is 2.25. The van der Waals surface area contributed by atoms with Crippen LogP contribution >= 0.6 is 11.3 Å². The number of thiophene rings is 1. The van der Waals surface area contributed by atoms with E-state index in [1.165, 1.54) is 21.2 Å². The van der Waals surface area contributed by atoms with Gasteiger partial charge in [-0.25, -0.2) is 0 Å². The van der Waals surface area contributed by atoms with E-state index >= 15 is 0 Å². The molecule has 2 heterocycles. The lowest BCUT2D eigenvalue weighted by molar-refractivity contribution is 0.201. The SMILES string of the molecule is c1csc(C(c2cccc3ccccc23)N2CCNCC2)c1. The number of rotatable bonds is 3. The highest BCUT2D eigenvalue weighted by atomic mass is 32.1. The summed E-state index contributed by atoms with van der Waals surface area (Å²) in [5.74, 6) is 0. The first-order valence-electron chi connectivity index (χ1n) is 7.89. The van der Waals surface area contributed by atoms with Crippen LogP contribution in [-0.4, -0.2) is 31.1 Å². The van der Waals surface area contributed by atoms with E-state index in [1.807, 2.05) is 11.3 Å². The average molecular weight is 308 g/mol. The van der Waals surface area contributed by atoms with Gasteiger partial charge in [0.1, 0.15) is 0 Å². The van der Waals surface area contributed by atoms with E-state index in [4.69, 9.17) is 0 Å². The van der Waals surface area contributed by atoms with E-state index in [9.17, 15) is 0 Å². The molecule has 1 aliphatic rings. The minimum absolute atomic E-state index is 0.369. The van der Waals surface area contributed by atoms with Gasteiger partial charge in [0, 0.05) is 31.1 Å². The van der Waals surface area contributed by atoms with Crippen molar-refractivity contribution < 1.29 is 0 Å². The third-order valence-electron chi connectivity index (χ3n) is 4.45. The van der Waals surface area contributed by atoms with Gasteiger partial charge in [-0.1, -0.05) is 48.5 Å². The molecule has 2 aromatic carbocycles. The monoisotopic (exact) mass is 308 g/mol. The molecule has 0 spiro atoms. The zero-order valence-electron chi connectivity index (χ0n) is 12.5. The first-order valence-corrected chi connectivity index (χ1v) is 8.77. The predicted octanol–water partition coefficient (Wildman–Crippen LogP) is 3.90. The Labute approximate surface area is 135 Å². The minimum atomic E-state index is 0.369. The highest BCUT2D eigenvalue weighted by Crippen LogP contribution is 2.35. The molecule has 0 radical (unpaired) electrons. The number of nitrogens with zero attached hydrogens (tertiary/aromatic N) is 1. The lowest BCUT2D eigenvalue weighted by Crippen LogP contribution is -2.45. The van der Waals surface area contributed by atoms with Crippen LogP contribution in [0.4, 0.5) is 0 Å². The summed E-state index contributed by atoms with van der Waals surface area (Å²) in [5, 5.41) is 8.36. The summed E-state index contributed by atoms with van der Waals surface area (Å²) in [6, 6.07) is 20.3. The maximum absolute atomic E-state index is 3.47. The van der Waals surface area contributed by atoms with Crippen molar-refractivity contribution in [3.8, 4) is 0 Å². The van der Waals surface area contributed by atoms with Crippen LogP contribution in [0, 0.1) is 0 Å². The van der Waals surface area contributed by atoms with Gasteiger partial charge >= 0.3 is 0 Å². The average Bonchev–Trinajstić information content (AvgIpc) is 3.11. The largest absolute Gasteiger partial charge is 0.314 e. The van der Waals surface area contributed by atoms with Crippen LogP contribution in [-0.2, 0) is 0 Å². The Morgan fingerprint density at radius 1 is 0.909 bits per heavy atom. The Balaban J connectivity index is 1.85. The van der Waals surface area contributed by atoms with Crippen LogP contribution in [0.15, 0.2) is 60.0 Å². The Morgan fingerprint density at radius 3 is 2.55 bits per heavy atom. The maximum atomic E-state index is 3.47. The number of piperazine rings is 1. The molecule has 3 heteroatoms. The van der Waals surface area contributed by atoms with Crippen LogP contribution in [0.1, 0.15) is 16.5 Å². The van der Waals surface area contributed by atoms with Crippen LogP contribution in [0.2, 0.25) is 0 Å². The van der Waals surface area contributed by atoms with Gasteiger partial charge in [-0.05, 0) is 27.8 Å². The van der Waals surface area contributed by atoms with Crippen LogP contribution in [0.25, 0.3) is 10.8 Å². The third-order valence-corrected chi connectivity index (χ3v) is 5.37. The fourth-order valence-corrected chi connectivity index (χ4v) is 4.28. The Morgan fingerprint density at radius 2 is 1.73 bits per heavy atom. The molecule has 1 atom stereocenters. The molecule has 0 amide bonds. The smallest absolute Gasteiger partial charge is 0.0702 e. The second-order valence-corrected chi connectivity index (χ2v) is 6.75. The van der Waals surface area contributed by atoms with E-state index in [0.717, 1.165) is 26.2 Å². The van der Waals surface area contributed by atoms with Gasteiger partial charge in [-0.15, -0.1) is 11.3 Å². The molecule has 1 saturated heterocycles. The number of hydrogen-bond donors (Lipinski definition) is 1. The molecular weight excluding hydrogens is 288 g/mol. The summed E-state index contributed by atoms with van der Waals surface area (Å²) in [5.41, 5.74) is 1.43. The predicted molar refractivity (Wildman–Crippen MR) is 94.6 cm³/mol. The summed E-state index contributed by atoms with van der Waals surface area (Å²) in [7, 11) is 0. The van der Waals surface area contributed by atoms with E-state index in [0.29, 0.717) is 6.04 Å². The van der Waals surface area contributed by atoms with Gasteiger partial charge in [-0.3, -0.25) is 4.90 Å². The van der Waals surface area contributed by atoms with Gasteiger partial charge < -0.3 is 5.32 Å². The number of hydrogen-bond acceptors (Lipinski definition) is 3. The van der Waals surface area contributed by atoms with Crippen molar-refractivity contribution >= 4 is 22.1 Å². The fraction of sp³-hybridized carbons (Fsp3) is 0.263. The number of fused-ring (bicyclic) bond motifs is 1.